The number of halogens is 3. The van der Waals surface area contributed by atoms with Gasteiger partial charge in [0.1, 0.15) is 10.6 Å². The molecule has 0 aliphatic heterocycles. The summed E-state index contributed by atoms with van der Waals surface area (Å²) in [7, 11) is 0. The number of nitrogens with zero attached hydrogens (tertiary/aromatic N) is 1. The number of thiophene rings is 1. The lowest BCUT2D eigenvalue weighted by molar-refractivity contribution is -0.384. The van der Waals surface area contributed by atoms with Gasteiger partial charge in [0.2, 0.25) is 0 Å². The highest BCUT2D eigenvalue weighted by molar-refractivity contribution is 7.15. The molecule has 1 amide bonds. The van der Waals surface area contributed by atoms with Crippen molar-refractivity contribution in [2.75, 3.05) is 11.9 Å². The normalized spacial score (nSPS) is 11.1. The molecule has 1 N–H and O–H groups in total. The van der Waals surface area contributed by atoms with Gasteiger partial charge < -0.3 is 10.1 Å². The van der Waals surface area contributed by atoms with Gasteiger partial charge in [0.25, 0.3) is 11.6 Å². The zero-order valence-electron chi connectivity index (χ0n) is 16.4. The number of carbonyl (C=O) groups excluding carboxylic acids is 2. The highest BCUT2D eigenvalue weighted by Gasteiger charge is 2.35. The molecule has 0 fully saturated rings. The minimum Gasteiger partial charge on any atom is -0.462 e. The topological polar surface area (TPSA) is 98.5 Å². The molecule has 0 radical (unpaired) electrons. The zero-order chi connectivity index (χ0) is 23.5. The molecule has 7 nitrogen and oxygen atoms in total. The van der Waals surface area contributed by atoms with Crippen LogP contribution in [0.1, 0.15) is 33.2 Å². The fourth-order valence-electron chi connectivity index (χ4n) is 2.95. The number of non-ortho nitro benzene ring substituents is 1. The van der Waals surface area contributed by atoms with Gasteiger partial charge in [-0.15, -0.1) is 11.3 Å². The Bertz CT molecular complexity index is 1190. The van der Waals surface area contributed by atoms with Crippen molar-refractivity contribution in [1.82, 2.24) is 0 Å². The number of nitro benzene ring substituents is 1. The van der Waals surface area contributed by atoms with Crippen molar-refractivity contribution >= 4 is 33.9 Å². The summed E-state index contributed by atoms with van der Waals surface area (Å²) in [5.74, 6) is -1.88. The van der Waals surface area contributed by atoms with Crippen molar-refractivity contribution < 1.29 is 32.4 Å². The Balaban J connectivity index is 2.05. The summed E-state index contributed by atoms with van der Waals surface area (Å²) in [4.78, 5) is 35.8. The number of ether oxygens (including phenoxy) is 1. The second kappa shape index (κ2) is 9.18. The Morgan fingerprint density at radius 1 is 1.16 bits per heavy atom. The van der Waals surface area contributed by atoms with Crippen molar-refractivity contribution in [3.63, 3.8) is 0 Å². The summed E-state index contributed by atoms with van der Waals surface area (Å²) in [6.07, 6.45) is -4.75. The zero-order valence-corrected chi connectivity index (χ0v) is 17.3. The molecule has 11 heteroatoms. The average molecular weight is 464 g/mol. The molecule has 0 saturated heterocycles. The first-order valence-electron chi connectivity index (χ1n) is 9.14. The number of benzene rings is 2. The van der Waals surface area contributed by atoms with Crippen LogP contribution < -0.4 is 5.32 Å². The maximum Gasteiger partial charge on any atom is 0.417 e. The molecular weight excluding hydrogens is 449 g/mol. The lowest BCUT2D eigenvalue weighted by Gasteiger charge is -2.13. The summed E-state index contributed by atoms with van der Waals surface area (Å²) in [6.45, 7) is 1.57. The van der Waals surface area contributed by atoms with Crippen molar-refractivity contribution in [3.8, 4) is 11.1 Å². The number of nitrogens with one attached hydrogen (secondary N) is 1. The number of amides is 1. The Morgan fingerprint density at radius 3 is 2.53 bits per heavy atom. The predicted molar refractivity (Wildman–Crippen MR) is 112 cm³/mol. The lowest BCUT2D eigenvalue weighted by Crippen LogP contribution is -2.19. The Hall–Kier alpha value is -3.73. The van der Waals surface area contributed by atoms with E-state index in [9.17, 15) is 32.9 Å². The van der Waals surface area contributed by atoms with Gasteiger partial charge in [0.15, 0.2) is 0 Å². The molecule has 0 aliphatic rings. The summed E-state index contributed by atoms with van der Waals surface area (Å²) in [5.41, 5.74) is -1.49. The van der Waals surface area contributed by atoms with E-state index in [0.29, 0.717) is 5.56 Å². The average Bonchev–Trinajstić information content (AvgIpc) is 3.17. The van der Waals surface area contributed by atoms with Crippen LogP contribution in [0, 0.1) is 10.1 Å². The van der Waals surface area contributed by atoms with Gasteiger partial charge in [0, 0.05) is 23.1 Å². The first kappa shape index (κ1) is 22.9. The third-order valence-electron chi connectivity index (χ3n) is 4.34. The monoisotopic (exact) mass is 464 g/mol. The second-order valence-electron chi connectivity index (χ2n) is 6.38. The number of alkyl halides is 3. The van der Waals surface area contributed by atoms with E-state index in [1.54, 1.807) is 6.92 Å². The summed E-state index contributed by atoms with van der Waals surface area (Å²) in [5, 5.41) is 14.9. The Morgan fingerprint density at radius 2 is 1.88 bits per heavy atom. The standard InChI is InChI=1S/C21H15F3N2O5S/c1-2-31-20(28)17-15(12-6-5-7-13(10-12)26(29)30)11-32-19(17)25-18(27)14-8-3-4-9-16(14)21(22,23)24/h3-11H,2H2,1H3,(H,25,27). The number of anilines is 1. The fourth-order valence-corrected chi connectivity index (χ4v) is 3.91. The van der Waals surface area contributed by atoms with Crippen LogP contribution in [0.25, 0.3) is 11.1 Å². The van der Waals surface area contributed by atoms with Gasteiger partial charge >= 0.3 is 12.1 Å². The van der Waals surface area contributed by atoms with Crippen LogP contribution in [0.3, 0.4) is 0 Å². The molecular formula is C21H15F3N2O5S. The van der Waals surface area contributed by atoms with E-state index in [1.165, 1.54) is 35.7 Å². The molecule has 0 aliphatic carbocycles. The molecule has 0 spiro atoms. The van der Waals surface area contributed by atoms with E-state index >= 15 is 0 Å². The molecule has 2 aromatic carbocycles. The number of hydrogen-bond acceptors (Lipinski definition) is 6. The summed E-state index contributed by atoms with van der Waals surface area (Å²) >= 11 is 0.892. The minimum atomic E-state index is -4.75. The van der Waals surface area contributed by atoms with Gasteiger partial charge in [-0.25, -0.2) is 4.79 Å². The third kappa shape index (κ3) is 4.78. The second-order valence-corrected chi connectivity index (χ2v) is 7.26. The highest BCUT2D eigenvalue weighted by atomic mass is 32.1. The van der Waals surface area contributed by atoms with Gasteiger partial charge in [-0.2, -0.15) is 13.2 Å². The van der Waals surface area contributed by atoms with Crippen molar-refractivity contribution in [2.45, 2.75) is 13.1 Å². The van der Waals surface area contributed by atoms with E-state index in [4.69, 9.17) is 4.74 Å². The van der Waals surface area contributed by atoms with Gasteiger partial charge in [0.05, 0.1) is 22.7 Å². The van der Waals surface area contributed by atoms with Crippen LogP contribution in [-0.4, -0.2) is 23.4 Å². The SMILES string of the molecule is CCOC(=O)c1c(-c2cccc([N+](=O)[O-])c2)csc1NC(=O)c1ccccc1C(F)(F)F. The molecule has 3 aromatic rings. The predicted octanol–water partition coefficient (Wildman–Crippen LogP) is 5.77. The van der Waals surface area contributed by atoms with Gasteiger partial charge in [-0.1, -0.05) is 24.3 Å². The Kier molecular flexibility index (Phi) is 6.58. The quantitative estimate of drug-likeness (QED) is 0.284. The number of rotatable bonds is 6. The van der Waals surface area contributed by atoms with E-state index in [-0.39, 0.29) is 28.4 Å². The van der Waals surface area contributed by atoms with Crippen LogP contribution in [0.15, 0.2) is 53.9 Å². The number of hydrogen-bond donors (Lipinski definition) is 1. The molecule has 32 heavy (non-hydrogen) atoms. The largest absolute Gasteiger partial charge is 0.462 e. The van der Waals surface area contributed by atoms with Gasteiger partial charge in [-0.3, -0.25) is 14.9 Å². The first-order chi connectivity index (χ1) is 15.1. The molecule has 0 atom stereocenters. The Labute approximate surface area is 183 Å². The summed E-state index contributed by atoms with van der Waals surface area (Å²) in [6, 6.07) is 9.74. The summed E-state index contributed by atoms with van der Waals surface area (Å²) < 4.78 is 44.9. The van der Waals surface area contributed by atoms with E-state index in [2.05, 4.69) is 5.32 Å². The van der Waals surface area contributed by atoms with Crippen molar-refractivity contribution in [1.29, 1.82) is 0 Å². The fraction of sp³-hybridized carbons (Fsp3) is 0.143. The van der Waals surface area contributed by atoms with E-state index in [1.807, 2.05) is 0 Å². The van der Waals surface area contributed by atoms with Crippen molar-refractivity contribution in [3.05, 3.63) is 80.7 Å². The number of carbonyl (C=O) groups is 2. The van der Waals surface area contributed by atoms with Crippen LogP contribution in [0.5, 0.6) is 0 Å². The van der Waals surface area contributed by atoms with Gasteiger partial charge in [-0.05, 0) is 24.6 Å². The maximum atomic E-state index is 13.3. The molecule has 0 bridgehead atoms. The molecule has 0 saturated carbocycles. The molecule has 0 unspecified atom stereocenters. The molecule has 1 heterocycles. The van der Waals surface area contributed by atoms with Crippen molar-refractivity contribution in [2.24, 2.45) is 0 Å². The first-order valence-corrected chi connectivity index (χ1v) is 10.0. The van der Waals surface area contributed by atoms with E-state index in [0.717, 1.165) is 29.5 Å². The number of nitro groups is 1. The molecule has 1 aromatic heterocycles. The van der Waals surface area contributed by atoms with Crippen LogP contribution >= 0.6 is 11.3 Å². The minimum absolute atomic E-state index is 0.00729. The van der Waals surface area contributed by atoms with Crippen LogP contribution in [0.2, 0.25) is 0 Å². The third-order valence-corrected chi connectivity index (χ3v) is 5.24. The maximum absolute atomic E-state index is 13.3. The highest BCUT2D eigenvalue weighted by Crippen LogP contribution is 2.38. The molecule has 166 valence electrons. The number of esters is 1. The van der Waals surface area contributed by atoms with Crippen LogP contribution in [0.4, 0.5) is 23.9 Å². The van der Waals surface area contributed by atoms with E-state index < -0.39 is 34.1 Å². The molecule has 3 rings (SSSR count). The van der Waals surface area contributed by atoms with Crippen LogP contribution in [-0.2, 0) is 10.9 Å². The lowest BCUT2D eigenvalue weighted by atomic mass is 10.0. The smallest absolute Gasteiger partial charge is 0.417 e.